The Balaban J connectivity index is 2.19. The van der Waals surface area contributed by atoms with Crippen LogP contribution in [0, 0.1) is 0 Å². The second-order valence-electron chi connectivity index (χ2n) is 4.86. The maximum atomic E-state index is 6.19. The quantitative estimate of drug-likeness (QED) is 0.865. The van der Waals surface area contributed by atoms with Gasteiger partial charge in [0.15, 0.2) is 0 Å². The van der Waals surface area contributed by atoms with Crippen molar-refractivity contribution in [1.82, 2.24) is 4.90 Å². The molecule has 3 heteroatoms. The predicted octanol–water partition coefficient (Wildman–Crippen LogP) is 1.85. The largest absolute Gasteiger partial charge is 0.369 e. The zero-order valence-electron chi connectivity index (χ0n) is 10.9. The normalized spacial score (nSPS) is 19.4. The minimum absolute atomic E-state index is 0.158. The molecule has 0 saturated carbocycles. The Morgan fingerprint density at radius 2 is 1.82 bits per heavy atom. The third kappa shape index (κ3) is 2.79. The molecule has 1 aliphatic heterocycles. The van der Waals surface area contributed by atoms with E-state index in [1.54, 1.807) is 0 Å². The van der Waals surface area contributed by atoms with Crippen molar-refractivity contribution < 1.29 is 0 Å². The van der Waals surface area contributed by atoms with Crippen molar-refractivity contribution in [1.29, 1.82) is 0 Å². The van der Waals surface area contributed by atoms with Gasteiger partial charge in [-0.3, -0.25) is 0 Å². The number of nitrogens with two attached hydrogens (primary N) is 1. The number of nitrogens with zero attached hydrogens (tertiary/aromatic N) is 2. The first kappa shape index (κ1) is 12.4. The third-order valence-corrected chi connectivity index (χ3v) is 3.62. The molecule has 0 bridgehead atoms. The summed E-state index contributed by atoms with van der Waals surface area (Å²) in [5.74, 6) is 0. The predicted molar refractivity (Wildman–Crippen MR) is 73.4 cm³/mol. The summed E-state index contributed by atoms with van der Waals surface area (Å²) in [5.41, 5.74) is 8.81. The van der Waals surface area contributed by atoms with E-state index >= 15 is 0 Å². The first-order chi connectivity index (χ1) is 8.22. The molecule has 0 unspecified atom stereocenters. The number of likely N-dealkylation sites (N-methyl/N-ethyl adjacent to an activating group) is 1. The summed E-state index contributed by atoms with van der Waals surface area (Å²) in [4.78, 5) is 4.84. The lowest BCUT2D eigenvalue weighted by molar-refractivity contribution is 0.312. The number of piperazine rings is 1. The molecule has 94 valence electrons. The van der Waals surface area contributed by atoms with E-state index in [1.807, 2.05) is 0 Å². The van der Waals surface area contributed by atoms with Crippen LogP contribution in [0.4, 0.5) is 5.69 Å². The van der Waals surface area contributed by atoms with Gasteiger partial charge in [0.1, 0.15) is 0 Å². The summed E-state index contributed by atoms with van der Waals surface area (Å²) in [6, 6.07) is 8.73. The molecule has 0 radical (unpaired) electrons. The zero-order valence-corrected chi connectivity index (χ0v) is 10.9. The monoisotopic (exact) mass is 233 g/mol. The van der Waals surface area contributed by atoms with Gasteiger partial charge >= 0.3 is 0 Å². The third-order valence-electron chi connectivity index (χ3n) is 3.62. The van der Waals surface area contributed by atoms with Crippen molar-refractivity contribution in [3.8, 4) is 0 Å². The number of para-hydroxylation sites is 1. The zero-order chi connectivity index (χ0) is 12.3. The van der Waals surface area contributed by atoms with Gasteiger partial charge in [0.2, 0.25) is 0 Å². The number of hydrogen-bond donors (Lipinski definition) is 1. The van der Waals surface area contributed by atoms with Crippen LogP contribution in [-0.4, -0.2) is 38.1 Å². The molecule has 1 aromatic rings. The lowest BCUT2D eigenvalue weighted by Gasteiger charge is -2.35. The van der Waals surface area contributed by atoms with Crippen molar-refractivity contribution in [3.05, 3.63) is 29.8 Å². The fraction of sp³-hybridized carbons (Fsp3) is 0.571. The van der Waals surface area contributed by atoms with Crippen LogP contribution in [0.2, 0.25) is 0 Å². The fourth-order valence-corrected chi connectivity index (χ4v) is 2.36. The molecule has 1 heterocycles. The van der Waals surface area contributed by atoms with Crippen molar-refractivity contribution in [3.63, 3.8) is 0 Å². The molecule has 1 saturated heterocycles. The number of anilines is 1. The van der Waals surface area contributed by atoms with Gasteiger partial charge in [0, 0.05) is 37.9 Å². The standard InChI is InChI=1S/C14H23N3/c1-3-13(15)12-6-4-5-7-14(12)17-10-8-16(2)9-11-17/h4-7,13H,3,8-11,15H2,1-2H3/t13-/m0/s1. The molecule has 1 aliphatic rings. The first-order valence-corrected chi connectivity index (χ1v) is 6.50. The second-order valence-corrected chi connectivity index (χ2v) is 4.86. The van der Waals surface area contributed by atoms with Gasteiger partial charge in [-0.1, -0.05) is 25.1 Å². The van der Waals surface area contributed by atoms with E-state index in [2.05, 4.69) is 48.0 Å². The molecular formula is C14H23N3. The molecule has 1 aromatic carbocycles. The molecule has 0 amide bonds. The Labute approximate surface area is 104 Å². The highest BCUT2D eigenvalue weighted by atomic mass is 15.2. The van der Waals surface area contributed by atoms with Gasteiger partial charge in [-0.2, -0.15) is 0 Å². The van der Waals surface area contributed by atoms with E-state index in [0.29, 0.717) is 0 Å². The average molecular weight is 233 g/mol. The Morgan fingerprint density at radius 3 is 2.47 bits per heavy atom. The molecule has 1 fully saturated rings. The summed E-state index contributed by atoms with van der Waals surface area (Å²) < 4.78 is 0. The number of rotatable bonds is 3. The lowest BCUT2D eigenvalue weighted by atomic mass is 10.0. The van der Waals surface area contributed by atoms with Crippen LogP contribution in [0.15, 0.2) is 24.3 Å². The van der Waals surface area contributed by atoms with E-state index in [1.165, 1.54) is 11.3 Å². The number of benzene rings is 1. The van der Waals surface area contributed by atoms with Crippen LogP contribution >= 0.6 is 0 Å². The molecular weight excluding hydrogens is 210 g/mol. The minimum atomic E-state index is 0.158. The highest BCUT2D eigenvalue weighted by Crippen LogP contribution is 2.27. The first-order valence-electron chi connectivity index (χ1n) is 6.50. The van der Waals surface area contributed by atoms with E-state index in [0.717, 1.165) is 32.6 Å². The molecule has 2 rings (SSSR count). The maximum Gasteiger partial charge on any atom is 0.0415 e. The van der Waals surface area contributed by atoms with Crippen LogP contribution in [0.3, 0.4) is 0 Å². The maximum absolute atomic E-state index is 6.19. The molecule has 2 N–H and O–H groups in total. The van der Waals surface area contributed by atoms with Gasteiger partial charge in [0.25, 0.3) is 0 Å². The molecule has 0 spiro atoms. The summed E-state index contributed by atoms with van der Waals surface area (Å²) in [5, 5.41) is 0. The Kier molecular flexibility index (Phi) is 4.02. The molecule has 0 aliphatic carbocycles. The molecule has 0 aromatic heterocycles. The molecule has 17 heavy (non-hydrogen) atoms. The van der Waals surface area contributed by atoms with Crippen molar-refractivity contribution in [2.75, 3.05) is 38.1 Å². The highest BCUT2D eigenvalue weighted by molar-refractivity contribution is 5.55. The van der Waals surface area contributed by atoms with Gasteiger partial charge < -0.3 is 15.5 Å². The van der Waals surface area contributed by atoms with E-state index in [4.69, 9.17) is 5.73 Å². The van der Waals surface area contributed by atoms with Crippen LogP contribution in [0.1, 0.15) is 24.9 Å². The van der Waals surface area contributed by atoms with E-state index < -0.39 is 0 Å². The molecule has 3 nitrogen and oxygen atoms in total. The lowest BCUT2D eigenvalue weighted by Crippen LogP contribution is -2.45. The number of hydrogen-bond acceptors (Lipinski definition) is 3. The van der Waals surface area contributed by atoms with Crippen LogP contribution in [-0.2, 0) is 0 Å². The van der Waals surface area contributed by atoms with Gasteiger partial charge in [0.05, 0.1) is 0 Å². The summed E-state index contributed by atoms with van der Waals surface area (Å²) >= 11 is 0. The van der Waals surface area contributed by atoms with Crippen LogP contribution < -0.4 is 10.6 Å². The smallest absolute Gasteiger partial charge is 0.0415 e. The second kappa shape index (κ2) is 5.52. The summed E-state index contributed by atoms with van der Waals surface area (Å²) in [6.45, 7) is 6.62. The molecule has 1 atom stereocenters. The van der Waals surface area contributed by atoms with E-state index in [9.17, 15) is 0 Å². The average Bonchev–Trinajstić information content (AvgIpc) is 2.39. The Bertz CT molecular complexity index is 356. The topological polar surface area (TPSA) is 32.5 Å². The van der Waals surface area contributed by atoms with Crippen LogP contribution in [0.5, 0.6) is 0 Å². The van der Waals surface area contributed by atoms with Gasteiger partial charge in [-0.15, -0.1) is 0 Å². The van der Waals surface area contributed by atoms with Gasteiger partial charge in [-0.25, -0.2) is 0 Å². The Hall–Kier alpha value is -1.06. The minimum Gasteiger partial charge on any atom is -0.369 e. The SMILES string of the molecule is CC[C@H](N)c1ccccc1N1CCN(C)CC1. The van der Waals surface area contributed by atoms with Crippen molar-refractivity contribution >= 4 is 5.69 Å². The summed E-state index contributed by atoms with van der Waals surface area (Å²) in [6.07, 6.45) is 0.991. The fourth-order valence-electron chi connectivity index (χ4n) is 2.36. The van der Waals surface area contributed by atoms with Crippen molar-refractivity contribution in [2.45, 2.75) is 19.4 Å². The van der Waals surface area contributed by atoms with Crippen molar-refractivity contribution in [2.24, 2.45) is 5.73 Å². The summed E-state index contributed by atoms with van der Waals surface area (Å²) in [7, 11) is 2.18. The Morgan fingerprint density at radius 1 is 1.18 bits per heavy atom. The highest BCUT2D eigenvalue weighted by Gasteiger charge is 2.18. The van der Waals surface area contributed by atoms with Crippen LogP contribution in [0.25, 0.3) is 0 Å². The van der Waals surface area contributed by atoms with E-state index in [-0.39, 0.29) is 6.04 Å². The van der Waals surface area contributed by atoms with Gasteiger partial charge in [-0.05, 0) is 25.1 Å².